The maximum atomic E-state index is 12.9. The molecular formula is C25H28N6O3. The van der Waals surface area contributed by atoms with Crippen molar-refractivity contribution in [1.29, 1.82) is 0 Å². The number of hydrogen-bond acceptors (Lipinski definition) is 7. The summed E-state index contributed by atoms with van der Waals surface area (Å²) in [4.78, 5) is 24.0. The number of hydrogen-bond donors (Lipinski definition) is 1. The van der Waals surface area contributed by atoms with E-state index in [1.54, 1.807) is 18.6 Å². The van der Waals surface area contributed by atoms with Crippen LogP contribution in [0.3, 0.4) is 0 Å². The maximum absolute atomic E-state index is 12.9. The molecule has 0 atom stereocenters. The molecule has 0 saturated heterocycles. The zero-order valence-corrected chi connectivity index (χ0v) is 19.8. The van der Waals surface area contributed by atoms with Gasteiger partial charge in [0, 0.05) is 41.7 Å². The summed E-state index contributed by atoms with van der Waals surface area (Å²) in [5, 5.41) is 7.63. The zero-order valence-electron chi connectivity index (χ0n) is 19.8. The molecule has 9 nitrogen and oxygen atoms in total. The molecule has 5 rings (SSSR count). The minimum absolute atomic E-state index is 0.190. The first-order valence-electron chi connectivity index (χ1n) is 11.4. The predicted molar refractivity (Wildman–Crippen MR) is 128 cm³/mol. The standard InChI is InChI=1S/C25H28N6O3/c1-5-30-10-9-18-19(14-30)26-15-27-23(18)33-17-6-7-20-16(12-17)8-11-31(20)24(32)28-22-13-21(34-29-22)25(2,3)4/h6-8,11-13,15H,5,9-10,14H2,1-4H3,(H,28,29,32). The smallest absolute Gasteiger partial charge is 0.331 e. The molecule has 9 heteroatoms. The number of benzene rings is 1. The lowest BCUT2D eigenvalue weighted by atomic mass is 9.93. The molecule has 1 aliphatic rings. The lowest BCUT2D eigenvalue weighted by Crippen LogP contribution is -2.31. The molecule has 1 aromatic carbocycles. The number of fused-ring (bicyclic) bond motifs is 2. The van der Waals surface area contributed by atoms with Crippen molar-refractivity contribution in [3.05, 3.63) is 59.9 Å². The Kier molecular flexibility index (Phi) is 5.57. The molecule has 0 fully saturated rings. The SMILES string of the molecule is CCN1CCc2c(ncnc2Oc2ccc3c(ccn3C(=O)Nc3cc(C(C)(C)C)on3)c2)C1. The molecule has 4 aromatic rings. The number of aromatic nitrogens is 4. The first kappa shape index (κ1) is 22.1. The minimum Gasteiger partial charge on any atom is -0.439 e. The summed E-state index contributed by atoms with van der Waals surface area (Å²) in [5.41, 5.74) is 2.65. The van der Waals surface area contributed by atoms with Crippen LogP contribution in [0.15, 0.2) is 47.4 Å². The summed E-state index contributed by atoms with van der Waals surface area (Å²) in [5.74, 6) is 2.34. The number of nitrogens with one attached hydrogen (secondary N) is 1. The van der Waals surface area contributed by atoms with Crippen LogP contribution < -0.4 is 10.1 Å². The van der Waals surface area contributed by atoms with Gasteiger partial charge in [0.1, 0.15) is 17.8 Å². The van der Waals surface area contributed by atoms with Crippen molar-refractivity contribution in [2.75, 3.05) is 18.4 Å². The Labute approximate surface area is 197 Å². The average molecular weight is 461 g/mol. The Bertz CT molecular complexity index is 1350. The highest BCUT2D eigenvalue weighted by Gasteiger charge is 2.22. The van der Waals surface area contributed by atoms with E-state index < -0.39 is 0 Å². The van der Waals surface area contributed by atoms with Crippen molar-refractivity contribution in [2.24, 2.45) is 0 Å². The van der Waals surface area contributed by atoms with E-state index in [1.807, 2.05) is 45.0 Å². The molecule has 4 heterocycles. The van der Waals surface area contributed by atoms with Gasteiger partial charge in [0.25, 0.3) is 0 Å². The van der Waals surface area contributed by atoms with E-state index in [2.05, 4.69) is 32.3 Å². The number of carbonyl (C=O) groups is 1. The van der Waals surface area contributed by atoms with E-state index >= 15 is 0 Å². The summed E-state index contributed by atoms with van der Waals surface area (Å²) < 4.78 is 13.0. The summed E-state index contributed by atoms with van der Waals surface area (Å²) >= 11 is 0. The van der Waals surface area contributed by atoms with Crippen molar-refractivity contribution in [2.45, 2.75) is 46.1 Å². The van der Waals surface area contributed by atoms with Gasteiger partial charge in [0.15, 0.2) is 5.82 Å². The van der Waals surface area contributed by atoms with Crippen molar-refractivity contribution in [1.82, 2.24) is 24.6 Å². The Hall–Kier alpha value is -3.72. The van der Waals surface area contributed by atoms with Crippen LogP contribution in [0.1, 0.15) is 44.7 Å². The second-order valence-corrected chi connectivity index (χ2v) is 9.49. The van der Waals surface area contributed by atoms with E-state index in [9.17, 15) is 4.79 Å². The number of carbonyl (C=O) groups excluding carboxylic acids is 1. The topological polar surface area (TPSA) is 98.3 Å². The van der Waals surface area contributed by atoms with E-state index in [0.29, 0.717) is 23.2 Å². The van der Waals surface area contributed by atoms with Gasteiger partial charge in [-0.1, -0.05) is 32.9 Å². The molecule has 176 valence electrons. The van der Waals surface area contributed by atoms with Crippen LogP contribution in [0.4, 0.5) is 10.6 Å². The van der Waals surface area contributed by atoms with Crippen LogP contribution in [0.2, 0.25) is 0 Å². The highest BCUT2D eigenvalue weighted by atomic mass is 16.5. The zero-order chi connectivity index (χ0) is 23.9. The molecule has 0 bridgehead atoms. The van der Waals surface area contributed by atoms with Crippen molar-refractivity contribution < 1.29 is 14.1 Å². The summed E-state index contributed by atoms with van der Waals surface area (Å²) in [7, 11) is 0. The lowest BCUT2D eigenvalue weighted by molar-refractivity contribution is 0.254. The Morgan fingerprint density at radius 3 is 2.82 bits per heavy atom. The lowest BCUT2D eigenvalue weighted by Gasteiger charge is -2.27. The summed E-state index contributed by atoms with van der Waals surface area (Å²) in [6.07, 6.45) is 4.14. The van der Waals surface area contributed by atoms with Gasteiger partial charge in [-0.2, -0.15) is 0 Å². The first-order chi connectivity index (χ1) is 16.3. The third-order valence-corrected chi connectivity index (χ3v) is 6.07. The van der Waals surface area contributed by atoms with Crippen LogP contribution in [-0.2, 0) is 18.4 Å². The van der Waals surface area contributed by atoms with Gasteiger partial charge in [0.2, 0.25) is 5.88 Å². The normalized spacial score (nSPS) is 14.2. The molecule has 0 unspecified atom stereocenters. The van der Waals surface area contributed by atoms with Gasteiger partial charge in [-0.05, 0) is 37.2 Å². The minimum atomic E-state index is -0.317. The number of ether oxygens (including phenoxy) is 1. The Morgan fingerprint density at radius 2 is 2.06 bits per heavy atom. The fraction of sp³-hybridized carbons (Fsp3) is 0.360. The molecular weight excluding hydrogens is 432 g/mol. The van der Waals surface area contributed by atoms with Gasteiger partial charge in [-0.15, -0.1) is 0 Å². The highest BCUT2D eigenvalue weighted by Crippen LogP contribution is 2.30. The number of anilines is 1. The van der Waals surface area contributed by atoms with E-state index in [0.717, 1.165) is 48.2 Å². The molecule has 0 spiro atoms. The van der Waals surface area contributed by atoms with Crippen LogP contribution in [0.5, 0.6) is 11.6 Å². The van der Waals surface area contributed by atoms with E-state index in [4.69, 9.17) is 9.26 Å². The summed E-state index contributed by atoms with van der Waals surface area (Å²) in [6, 6.07) is 8.91. The third-order valence-electron chi connectivity index (χ3n) is 6.07. The van der Waals surface area contributed by atoms with Gasteiger partial charge in [0.05, 0.1) is 11.2 Å². The molecule has 3 aromatic heterocycles. The van der Waals surface area contributed by atoms with Crippen molar-refractivity contribution in [3.63, 3.8) is 0 Å². The van der Waals surface area contributed by atoms with Gasteiger partial charge in [-0.3, -0.25) is 14.8 Å². The largest absolute Gasteiger partial charge is 0.439 e. The second kappa shape index (κ2) is 8.57. The van der Waals surface area contributed by atoms with Crippen LogP contribution in [-0.4, -0.2) is 43.7 Å². The molecule has 34 heavy (non-hydrogen) atoms. The van der Waals surface area contributed by atoms with Crippen LogP contribution >= 0.6 is 0 Å². The molecule has 1 N–H and O–H groups in total. The Morgan fingerprint density at radius 1 is 1.21 bits per heavy atom. The van der Waals surface area contributed by atoms with Gasteiger partial charge in [-0.25, -0.2) is 14.8 Å². The first-order valence-corrected chi connectivity index (χ1v) is 11.4. The van der Waals surface area contributed by atoms with Crippen LogP contribution in [0.25, 0.3) is 10.9 Å². The molecule has 0 saturated carbocycles. The number of amides is 1. The predicted octanol–water partition coefficient (Wildman–Crippen LogP) is 4.97. The second-order valence-electron chi connectivity index (χ2n) is 9.49. The van der Waals surface area contributed by atoms with Gasteiger partial charge >= 0.3 is 6.03 Å². The number of rotatable bonds is 4. The van der Waals surface area contributed by atoms with E-state index in [1.165, 1.54) is 4.57 Å². The molecule has 0 aliphatic carbocycles. The fourth-order valence-electron chi connectivity index (χ4n) is 4.07. The molecule has 1 aliphatic heterocycles. The van der Waals surface area contributed by atoms with E-state index in [-0.39, 0.29) is 11.4 Å². The maximum Gasteiger partial charge on any atom is 0.331 e. The van der Waals surface area contributed by atoms with Crippen molar-refractivity contribution >= 4 is 22.8 Å². The molecule has 0 radical (unpaired) electrons. The van der Waals surface area contributed by atoms with Crippen LogP contribution in [0, 0.1) is 0 Å². The average Bonchev–Trinajstić information content (AvgIpc) is 3.46. The highest BCUT2D eigenvalue weighted by molar-refractivity contribution is 5.98. The van der Waals surface area contributed by atoms with Crippen molar-refractivity contribution in [3.8, 4) is 11.6 Å². The Balaban J connectivity index is 1.34. The number of nitrogens with zero attached hydrogens (tertiary/aromatic N) is 5. The van der Waals surface area contributed by atoms with Gasteiger partial charge < -0.3 is 9.26 Å². The number of likely N-dealkylation sites (N-methyl/N-ethyl adjacent to an activating group) is 1. The quantitative estimate of drug-likeness (QED) is 0.459. The molecule has 1 amide bonds. The monoisotopic (exact) mass is 460 g/mol. The fourth-order valence-corrected chi connectivity index (χ4v) is 4.07. The third kappa shape index (κ3) is 4.26. The summed E-state index contributed by atoms with van der Waals surface area (Å²) in [6.45, 7) is 11.0.